The number of fused-ring (bicyclic) bond motifs is 2. The Labute approximate surface area is 236 Å². The molecule has 0 radical (unpaired) electrons. The Morgan fingerprint density at radius 2 is 1.82 bits per heavy atom. The van der Waals surface area contributed by atoms with E-state index >= 15 is 0 Å². The van der Waals surface area contributed by atoms with Crippen molar-refractivity contribution in [2.24, 2.45) is 0 Å². The lowest BCUT2D eigenvalue weighted by molar-refractivity contribution is -0.132. The van der Waals surface area contributed by atoms with Gasteiger partial charge in [0.1, 0.15) is 23.4 Å². The second-order valence-electron chi connectivity index (χ2n) is 11.3. The first kappa shape index (κ1) is 26.1. The van der Waals surface area contributed by atoms with Gasteiger partial charge in [-0.1, -0.05) is 56.4 Å². The van der Waals surface area contributed by atoms with Crippen molar-refractivity contribution < 1.29 is 24.2 Å². The molecule has 3 aromatic carbocycles. The number of benzene rings is 3. The lowest BCUT2D eigenvalue weighted by Crippen LogP contribution is -2.29. The van der Waals surface area contributed by atoms with Crippen LogP contribution in [0.1, 0.15) is 56.0 Å². The SMILES string of the molecule is COc1ccc2nc(N3C(=O)C(=O)/C(=C(/O)c4ccc5c(c4)C[C@H](C)O5)[C@H]3c3ccc(C(C)(C)C)cc3)sc2c1. The molecule has 0 bridgehead atoms. The fraction of sp³-hybridized carbons (Fsp3) is 0.281. The summed E-state index contributed by atoms with van der Waals surface area (Å²) in [6.45, 7) is 8.37. The predicted molar refractivity (Wildman–Crippen MR) is 156 cm³/mol. The summed E-state index contributed by atoms with van der Waals surface area (Å²) in [5.74, 6) is -0.242. The molecule has 2 atom stereocenters. The van der Waals surface area contributed by atoms with Crippen LogP contribution in [0, 0.1) is 0 Å². The lowest BCUT2D eigenvalue weighted by atomic mass is 9.85. The molecule has 1 amide bonds. The van der Waals surface area contributed by atoms with Gasteiger partial charge >= 0.3 is 5.91 Å². The van der Waals surface area contributed by atoms with Crippen LogP contribution in [-0.2, 0) is 21.4 Å². The molecule has 2 aliphatic heterocycles. The Bertz CT molecular complexity index is 1700. The van der Waals surface area contributed by atoms with Crippen LogP contribution in [0.4, 0.5) is 5.13 Å². The molecule has 6 rings (SSSR count). The monoisotopic (exact) mass is 554 g/mol. The molecule has 0 aliphatic carbocycles. The van der Waals surface area contributed by atoms with E-state index < -0.39 is 17.7 Å². The van der Waals surface area contributed by atoms with Crippen LogP contribution in [0.5, 0.6) is 11.5 Å². The van der Waals surface area contributed by atoms with E-state index in [1.54, 1.807) is 25.3 Å². The molecule has 1 saturated heterocycles. The number of methoxy groups -OCH3 is 1. The number of rotatable bonds is 4. The molecule has 1 aromatic heterocycles. The first-order chi connectivity index (χ1) is 19.0. The molecule has 4 aromatic rings. The van der Waals surface area contributed by atoms with Gasteiger partial charge in [-0.3, -0.25) is 14.5 Å². The van der Waals surface area contributed by atoms with Crippen molar-refractivity contribution in [1.82, 2.24) is 4.98 Å². The minimum Gasteiger partial charge on any atom is -0.507 e. The topological polar surface area (TPSA) is 89.0 Å². The fourth-order valence-corrected chi connectivity index (χ4v) is 6.38. The highest BCUT2D eigenvalue weighted by molar-refractivity contribution is 7.22. The standard InChI is InChI=1S/C32H30N2O5S/c1-17-14-20-15-19(8-13-24(20)39-17)28(35)26-27(18-6-9-21(10-7-18)32(2,3)4)34(30(37)29(26)36)31-33-23-12-11-22(38-5)16-25(23)40-31/h6-13,15-17,27,35H,14H2,1-5H3/b28-26+/t17-,27+/m0/s1. The highest BCUT2D eigenvalue weighted by Gasteiger charge is 2.48. The number of nitrogens with zero attached hydrogens (tertiary/aromatic N) is 2. The fourth-order valence-electron chi connectivity index (χ4n) is 5.36. The summed E-state index contributed by atoms with van der Waals surface area (Å²) in [5, 5.41) is 12.0. The molecule has 7 nitrogen and oxygen atoms in total. The van der Waals surface area contributed by atoms with Crippen molar-refractivity contribution in [3.63, 3.8) is 0 Å². The number of carbonyl (C=O) groups excluding carboxylic acids is 2. The second kappa shape index (κ2) is 9.48. The third-order valence-electron chi connectivity index (χ3n) is 7.50. The molecular formula is C32H30N2O5S. The molecule has 1 fully saturated rings. The van der Waals surface area contributed by atoms with Crippen LogP contribution in [0.15, 0.2) is 66.2 Å². The van der Waals surface area contributed by atoms with Crippen LogP contribution in [0.25, 0.3) is 16.0 Å². The Morgan fingerprint density at radius 3 is 2.52 bits per heavy atom. The van der Waals surface area contributed by atoms with Gasteiger partial charge in [-0.15, -0.1) is 0 Å². The van der Waals surface area contributed by atoms with Gasteiger partial charge in [-0.25, -0.2) is 4.98 Å². The number of ether oxygens (including phenoxy) is 2. The highest BCUT2D eigenvalue weighted by Crippen LogP contribution is 2.45. The van der Waals surface area contributed by atoms with Crippen molar-refractivity contribution in [3.8, 4) is 11.5 Å². The van der Waals surface area contributed by atoms with E-state index in [2.05, 4.69) is 20.8 Å². The quantitative estimate of drug-likeness (QED) is 0.175. The van der Waals surface area contributed by atoms with Crippen LogP contribution in [-0.4, -0.2) is 35.0 Å². The summed E-state index contributed by atoms with van der Waals surface area (Å²) in [6.07, 6.45) is 0.745. The van der Waals surface area contributed by atoms with E-state index in [9.17, 15) is 14.7 Å². The maximum atomic E-state index is 13.6. The van der Waals surface area contributed by atoms with Crippen LogP contribution in [0.3, 0.4) is 0 Å². The molecular weight excluding hydrogens is 524 g/mol. The van der Waals surface area contributed by atoms with Crippen molar-refractivity contribution >= 4 is 44.1 Å². The number of ketones is 1. The van der Waals surface area contributed by atoms with Gasteiger partial charge in [0, 0.05) is 12.0 Å². The Balaban J connectivity index is 1.52. The number of carbonyl (C=O) groups is 2. The first-order valence-corrected chi connectivity index (χ1v) is 14.0. The molecule has 8 heteroatoms. The summed E-state index contributed by atoms with van der Waals surface area (Å²) in [4.78, 5) is 33.4. The zero-order chi connectivity index (χ0) is 28.3. The molecule has 0 spiro atoms. The van der Waals surface area contributed by atoms with Crippen molar-refractivity contribution in [2.45, 2.75) is 51.7 Å². The van der Waals surface area contributed by atoms with E-state index in [-0.39, 0.29) is 22.9 Å². The predicted octanol–water partition coefficient (Wildman–Crippen LogP) is 6.55. The van der Waals surface area contributed by atoms with E-state index in [0.29, 0.717) is 33.9 Å². The number of Topliss-reactive ketones (excluding diaryl/α,β-unsaturated/α-hetero) is 1. The third kappa shape index (κ3) is 4.32. The largest absolute Gasteiger partial charge is 0.507 e. The first-order valence-electron chi connectivity index (χ1n) is 13.2. The second-order valence-corrected chi connectivity index (χ2v) is 12.3. The van der Waals surface area contributed by atoms with Gasteiger partial charge in [0.25, 0.3) is 5.78 Å². The number of aliphatic hydroxyl groups is 1. The molecule has 2 aliphatic rings. The van der Waals surface area contributed by atoms with Crippen molar-refractivity contribution in [3.05, 3.63) is 88.5 Å². The summed E-state index contributed by atoms with van der Waals surface area (Å²) >= 11 is 1.30. The normalized spacial score (nSPS) is 20.2. The Kier molecular flexibility index (Phi) is 6.18. The molecule has 3 heterocycles. The summed E-state index contributed by atoms with van der Waals surface area (Å²) in [5.41, 5.74) is 3.92. The van der Waals surface area contributed by atoms with E-state index in [0.717, 1.165) is 21.6 Å². The number of hydrogen-bond donors (Lipinski definition) is 1. The number of aliphatic hydroxyl groups excluding tert-OH is 1. The third-order valence-corrected chi connectivity index (χ3v) is 8.51. The Hall–Kier alpha value is -4.17. The average molecular weight is 555 g/mol. The number of amides is 1. The molecule has 204 valence electrons. The zero-order valence-corrected chi connectivity index (χ0v) is 23.8. The highest BCUT2D eigenvalue weighted by atomic mass is 32.1. The Morgan fingerprint density at radius 1 is 1.07 bits per heavy atom. The lowest BCUT2D eigenvalue weighted by Gasteiger charge is -2.24. The maximum Gasteiger partial charge on any atom is 0.301 e. The average Bonchev–Trinajstić information content (AvgIpc) is 3.59. The van der Waals surface area contributed by atoms with Crippen LogP contribution in [0.2, 0.25) is 0 Å². The molecule has 0 unspecified atom stereocenters. The summed E-state index contributed by atoms with van der Waals surface area (Å²) in [6, 6.07) is 17.9. The summed E-state index contributed by atoms with van der Waals surface area (Å²) in [7, 11) is 1.59. The smallest absolute Gasteiger partial charge is 0.301 e. The number of aromatic nitrogens is 1. The molecule has 40 heavy (non-hydrogen) atoms. The van der Waals surface area contributed by atoms with Gasteiger partial charge in [0.15, 0.2) is 5.13 Å². The van der Waals surface area contributed by atoms with Crippen LogP contribution >= 0.6 is 11.3 Å². The number of hydrogen-bond acceptors (Lipinski definition) is 7. The van der Waals surface area contributed by atoms with E-state index in [1.807, 2.05) is 49.4 Å². The van der Waals surface area contributed by atoms with E-state index in [1.165, 1.54) is 16.2 Å². The van der Waals surface area contributed by atoms with Gasteiger partial charge in [-0.2, -0.15) is 0 Å². The number of thiazole rings is 1. The van der Waals surface area contributed by atoms with Crippen molar-refractivity contribution in [1.29, 1.82) is 0 Å². The van der Waals surface area contributed by atoms with Gasteiger partial charge in [0.05, 0.1) is 28.9 Å². The molecule has 0 saturated carbocycles. The minimum atomic E-state index is -0.847. The maximum absolute atomic E-state index is 13.6. The zero-order valence-electron chi connectivity index (χ0n) is 23.0. The van der Waals surface area contributed by atoms with Gasteiger partial charge < -0.3 is 14.6 Å². The van der Waals surface area contributed by atoms with Gasteiger partial charge in [-0.05, 0) is 65.4 Å². The van der Waals surface area contributed by atoms with Crippen LogP contribution < -0.4 is 14.4 Å². The summed E-state index contributed by atoms with van der Waals surface area (Å²) < 4.78 is 12.0. The van der Waals surface area contributed by atoms with E-state index in [4.69, 9.17) is 14.5 Å². The number of anilines is 1. The van der Waals surface area contributed by atoms with Gasteiger partial charge in [0.2, 0.25) is 0 Å². The minimum absolute atomic E-state index is 0.0389. The molecule has 1 N–H and O–H groups in total. The van der Waals surface area contributed by atoms with Crippen molar-refractivity contribution in [2.75, 3.05) is 12.0 Å².